The molecular formula is C13H20BrNS. The van der Waals surface area contributed by atoms with Gasteiger partial charge in [-0.25, -0.2) is 0 Å². The van der Waals surface area contributed by atoms with Crippen LogP contribution in [0, 0.1) is 0 Å². The van der Waals surface area contributed by atoms with Crippen LogP contribution in [0.2, 0.25) is 0 Å². The minimum atomic E-state index is 0.948. The summed E-state index contributed by atoms with van der Waals surface area (Å²) >= 11 is 5.51. The van der Waals surface area contributed by atoms with E-state index in [1.54, 1.807) is 0 Å². The lowest BCUT2D eigenvalue weighted by atomic mass is 10.2. The number of hydrogen-bond donors (Lipinski definition) is 1. The second kappa shape index (κ2) is 8.15. The fraction of sp³-hybridized carbons (Fsp3) is 0.538. The smallest absolute Gasteiger partial charge is 0.0213 e. The molecule has 1 aromatic rings. The summed E-state index contributed by atoms with van der Waals surface area (Å²) in [5.41, 5.74) is 1.40. The first kappa shape index (κ1) is 14.1. The number of thioether (sulfide) groups is 1. The van der Waals surface area contributed by atoms with E-state index in [1.807, 2.05) is 18.8 Å². The standard InChI is InChI=1S/C13H20BrNS/c1-3-4-5-8-16-13-9-12(14)7-6-11(13)10-15-2/h6-7,9,15H,3-5,8,10H2,1-2H3. The lowest BCUT2D eigenvalue weighted by Gasteiger charge is -2.09. The first-order valence-electron chi connectivity index (χ1n) is 5.83. The molecule has 0 saturated carbocycles. The highest BCUT2D eigenvalue weighted by molar-refractivity contribution is 9.10. The van der Waals surface area contributed by atoms with Crippen LogP contribution in [0.15, 0.2) is 27.6 Å². The molecule has 0 unspecified atom stereocenters. The van der Waals surface area contributed by atoms with Crippen molar-refractivity contribution in [2.24, 2.45) is 0 Å². The molecule has 0 spiro atoms. The van der Waals surface area contributed by atoms with Crippen molar-refractivity contribution < 1.29 is 0 Å². The number of unbranched alkanes of at least 4 members (excludes halogenated alkanes) is 2. The van der Waals surface area contributed by atoms with E-state index in [-0.39, 0.29) is 0 Å². The zero-order chi connectivity index (χ0) is 11.8. The first-order chi connectivity index (χ1) is 7.77. The van der Waals surface area contributed by atoms with Crippen molar-refractivity contribution in [1.29, 1.82) is 0 Å². The van der Waals surface area contributed by atoms with Crippen LogP contribution in [0.4, 0.5) is 0 Å². The molecule has 0 saturated heterocycles. The average molecular weight is 302 g/mol. The van der Waals surface area contributed by atoms with Crippen LogP contribution in [0.5, 0.6) is 0 Å². The van der Waals surface area contributed by atoms with Crippen molar-refractivity contribution in [2.45, 2.75) is 37.6 Å². The largest absolute Gasteiger partial charge is 0.316 e. The average Bonchev–Trinajstić information content (AvgIpc) is 2.28. The molecular weight excluding hydrogens is 282 g/mol. The summed E-state index contributed by atoms with van der Waals surface area (Å²) in [6, 6.07) is 6.54. The summed E-state index contributed by atoms with van der Waals surface area (Å²) in [6.45, 7) is 3.19. The van der Waals surface area contributed by atoms with Gasteiger partial charge in [0.15, 0.2) is 0 Å². The fourth-order valence-electron chi connectivity index (χ4n) is 1.53. The highest BCUT2D eigenvalue weighted by atomic mass is 79.9. The van der Waals surface area contributed by atoms with E-state index in [1.165, 1.54) is 39.9 Å². The third kappa shape index (κ3) is 4.89. The SMILES string of the molecule is CCCCCSc1cc(Br)ccc1CNC. The number of rotatable bonds is 7. The third-order valence-corrected chi connectivity index (χ3v) is 4.08. The molecule has 0 aromatic heterocycles. The predicted molar refractivity (Wildman–Crippen MR) is 77.2 cm³/mol. The number of nitrogens with one attached hydrogen (secondary N) is 1. The molecule has 0 amide bonds. The molecule has 0 heterocycles. The van der Waals surface area contributed by atoms with Crippen molar-refractivity contribution in [1.82, 2.24) is 5.32 Å². The maximum Gasteiger partial charge on any atom is 0.0213 e. The van der Waals surface area contributed by atoms with Crippen LogP contribution in [-0.4, -0.2) is 12.8 Å². The van der Waals surface area contributed by atoms with Crippen LogP contribution in [0.25, 0.3) is 0 Å². The van der Waals surface area contributed by atoms with Crippen LogP contribution in [0.1, 0.15) is 31.7 Å². The Hall–Kier alpha value is 0.01000. The molecule has 90 valence electrons. The second-order valence-electron chi connectivity index (χ2n) is 3.84. The highest BCUT2D eigenvalue weighted by Crippen LogP contribution is 2.27. The van der Waals surface area contributed by atoms with Gasteiger partial charge in [-0.2, -0.15) is 0 Å². The van der Waals surface area contributed by atoms with E-state index in [0.717, 1.165) is 6.54 Å². The summed E-state index contributed by atoms with van der Waals surface area (Å²) in [4.78, 5) is 1.40. The maximum atomic E-state index is 3.54. The minimum absolute atomic E-state index is 0.948. The molecule has 0 bridgehead atoms. The van der Waals surface area contributed by atoms with E-state index in [4.69, 9.17) is 0 Å². The Morgan fingerprint density at radius 3 is 2.81 bits per heavy atom. The van der Waals surface area contributed by atoms with E-state index in [2.05, 4.69) is 46.4 Å². The van der Waals surface area contributed by atoms with Crippen LogP contribution >= 0.6 is 27.7 Å². The first-order valence-corrected chi connectivity index (χ1v) is 7.61. The van der Waals surface area contributed by atoms with E-state index >= 15 is 0 Å². The van der Waals surface area contributed by atoms with Crippen LogP contribution < -0.4 is 5.32 Å². The highest BCUT2D eigenvalue weighted by Gasteiger charge is 2.03. The summed E-state index contributed by atoms with van der Waals surface area (Å²) in [5, 5.41) is 3.22. The van der Waals surface area contributed by atoms with Gasteiger partial charge in [0.1, 0.15) is 0 Å². The van der Waals surface area contributed by atoms with Crippen molar-refractivity contribution in [3.63, 3.8) is 0 Å². The number of halogens is 1. The molecule has 1 aromatic carbocycles. The quantitative estimate of drug-likeness (QED) is 0.590. The van der Waals surface area contributed by atoms with Gasteiger partial charge in [-0.05, 0) is 36.9 Å². The molecule has 0 fully saturated rings. The summed E-state index contributed by atoms with van der Waals surface area (Å²) < 4.78 is 1.17. The third-order valence-electron chi connectivity index (χ3n) is 2.40. The van der Waals surface area contributed by atoms with Gasteiger partial charge in [0.05, 0.1) is 0 Å². The van der Waals surface area contributed by atoms with Crippen LogP contribution in [0.3, 0.4) is 0 Å². The normalized spacial score (nSPS) is 10.7. The molecule has 0 aliphatic heterocycles. The summed E-state index contributed by atoms with van der Waals surface area (Å²) in [7, 11) is 1.99. The molecule has 0 atom stereocenters. The van der Waals surface area contributed by atoms with Crippen molar-refractivity contribution in [3.8, 4) is 0 Å². The summed E-state index contributed by atoms with van der Waals surface area (Å²) in [5.74, 6) is 1.22. The summed E-state index contributed by atoms with van der Waals surface area (Å²) in [6.07, 6.45) is 3.94. The Balaban J connectivity index is 2.57. The second-order valence-corrected chi connectivity index (χ2v) is 5.89. The van der Waals surface area contributed by atoms with E-state index in [0.29, 0.717) is 0 Å². The molecule has 0 aliphatic carbocycles. The molecule has 1 rings (SSSR count). The Morgan fingerprint density at radius 1 is 1.31 bits per heavy atom. The van der Waals surface area contributed by atoms with E-state index < -0.39 is 0 Å². The molecule has 1 nitrogen and oxygen atoms in total. The van der Waals surface area contributed by atoms with Gasteiger partial charge >= 0.3 is 0 Å². The van der Waals surface area contributed by atoms with Crippen molar-refractivity contribution in [2.75, 3.05) is 12.8 Å². The van der Waals surface area contributed by atoms with Gasteiger partial charge in [-0.3, -0.25) is 0 Å². The van der Waals surface area contributed by atoms with E-state index in [9.17, 15) is 0 Å². The monoisotopic (exact) mass is 301 g/mol. The fourth-order valence-corrected chi connectivity index (χ4v) is 3.15. The lowest BCUT2D eigenvalue weighted by Crippen LogP contribution is -2.06. The Morgan fingerprint density at radius 2 is 2.12 bits per heavy atom. The zero-order valence-electron chi connectivity index (χ0n) is 10.1. The van der Waals surface area contributed by atoms with Crippen LogP contribution in [-0.2, 0) is 6.54 Å². The molecule has 0 radical (unpaired) electrons. The van der Waals surface area contributed by atoms with Crippen molar-refractivity contribution >= 4 is 27.7 Å². The van der Waals surface area contributed by atoms with Gasteiger partial charge in [-0.1, -0.05) is 41.8 Å². The number of hydrogen-bond acceptors (Lipinski definition) is 2. The van der Waals surface area contributed by atoms with Gasteiger partial charge in [0.2, 0.25) is 0 Å². The van der Waals surface area contributed by atoms with Crippen molar-refractivity contribution in [3.05, 3.63) is 28.2 Å². The van der Waals surface area contributed by atoms with Gasteiger partial charge in [0.25, 0.3) is 0 Å². The maximum absolute atomic E-state index is 3.54. The molecule has 3 heteroatoms. The molecule has 1 N–H and O–H groups in total. The van der Waals surface area contributed by atoms with Gasteiger partial charge < -0.3 is 5.32 Å². The minimum Gasteiger partial charge on any atom is -0.316 e. The Bertz CT molecular complexity index is 315. The molecule has 0 aliphatic rings. The molecule has 16 heavy (non-hydrogen) atoms. The Kier molecular flexibility index (Phi) is 7.17. The van der Waals surface area contributed by atoms with Gasteiger partial charge in [0, 0.05) is 15.9 Å². The zero-order valence-corrected chi connectivity index (χ0v) is 12.5. The lowest BCUT2D eigenvalue weighted by molar-refractivity contribution is 0.777. The topological polar surface area (TPSA) is 12.0 Å². The predicted octanol–water partition coefficient (Wildman–Crippen LogP) is 4.45. The number of benzene rings is 1. The van der Waals surface area contributed by atoms with Gasteiger partial charge in [-0.15, -0.1) is 11.8 Å². The Labute approximate surface area is 112 Å².